The molecule has 27 heavy (non-hydrogen) atoms. The third-order valence-electron chi connectivity index (χ3n) is 4.41. The number of rotatable bonds is 5. The molecule has 1 aliphatic heterocycles. The lowest BCUT2D eigenvalue weighted by Gasteiger charge is -2.29. The van der Waals surface area contributed by atoms with Crippen LogP contribution in [0.2, 0.25) is 0 Å². The Labute approximate surface area is 178 Å². The van der Waals surface area contributed by atoms with E-state index in [1.807, 2.05) is 26.1 Å². The highest BCUT2D eigenvalue weighted by molar-refractivity contribution is 14.0. The fraction of sp³-hybridized carbons (Fsp3) is 0.333. The zero-order valence-electron chi connectivity index (χ0n) is 15.9. The summed E-state index contributed by atoms with van der Waals surface area (Å²) in [5.74, 6) is 1.58. The predicted octanol–water partition coefficient (Wildman–Crippen LogP) is 3.96. The summed E-state index contributed by atoms with van der Waals surface area (Å²) in [6, 6.07) is 14.5. The molecular formula is C21H27IN4O. The minimum absolute atomic E-state index is 0. The molecule has 144 valence electrons. The number of hydrogen-bond acceptors (Lipinski definition) is 3. The van der Waals surface area contributed by atoms with E-state index in [1.54, 1.807) is 6.20 Å². The lowest BCUT2D eigenvalue weighted by atomic mass is 10.00. The van der Waals surface area contributed by atoms with E-state index in [-0.39, 0.29) is 24.0 Å². The van der Waals surface area contributed by atoms with Gasteiger partial charge in [0.2, 0.25) is 5.88 Å². The summed E-state index contributed by atoms with van der Waals surface area (Å²) in [6.45, 7) is 5.10. The first-order chi connectivity index (χ1) is 12.8. The summed E-state index contributed by atoms with van der Waals surface area (Å²) >= 11 is 0. The Morgan fingerprint density at radius 3 is 2.74 bits per heavy atom. The summed E-state index contributed by atoms with van der Waals surface area (Å²) in [5, 5.41) is 3.44. The summed E-state index contributed by atoms with van der Waals surface area (Å²) in [4.78, 5) is 10.9. The number of guanidine groups is 1. The molecule has 5 nitrogen and oxygen atoms in total. The number of hydrogen-bond donors (Lipinski definition) is 1. The SMILES string of the molecule is CCOc1cc(CNC(=NC)N2CC=C(c3ccccc3)CC2)ccn1.I. The van der Waals surface area contributed by atoms with Crippen molar-refractivity contribution in [1.82, 2.24) is 15.2 Å². The largest absolute Gasteiger partial charge is 0.478 e. The van der Waals surface area contributed by atoms with Crippen molar-refractivity contribution in [3.8, 4) is 5.88 Å². The molecule has 0 spiro atoms. The maximum atomic E-state index is 5.46. The second-order valence-electron chi connectivity index (χ2n) is 6.13. The number of aromatic nitrogens is 1. The molecular weight excluding hydrogens is 451 g/mol. The Balaban J connectivity index is 0.00000261. The van der Waals surface area contributed by atoms with Crippen LogP contribution in [-0.4, -0.2) is 42.6 Å². The van der Waals surface area contributed by atoms with E-state index in [0.29, 0.717) is 19.0 Å². The molecule has 2 aromatic rings. The van der Waals surface area contributed by atoms with Crippen molar-refractivity contribution in [3.05, 3.63) is 65.9 Å². The molecule has 1 N–H and O–H groups in total. The highest BCUT2D eigenvalue weighted by Crippen LogP contribution is 2.22. The second kappa shape index (κ2) is 10.9. The van der Waals surface area contributed by atoms with Crippen LogP contribution in [0.1, 0.15) is 24.5 Å². The lowest BCUT2D eigenvalue weighted by Crippen LogP contribution is -2.43. The topological polar surface area (TPSA) is 49.8 Å². The van der Waals surface area contributed by atoms with E-state index in [1.165, 1.54) is 11.1 Å². The van der Waals surface area contributed by atoms with Crippen molar-refractivity contribution in [1.29, 1.82) is 0 Å². The Morgan fingerprint density at radius 1 is 1.26 bits per heavy atom. The van der Waals surface area contributed by atoms with E-state index in [0.717, 1.165) is 31.0 Å². The zero-order chi connectivity index (χ0) is 18.2. The van der Waals surface area contributed by atoms with Crippen LogP contribution in [0.4, 0.5) is 0 Å². The van der Waals surface area contributed by atoms with Gasteiger partial charge in [-0.3, -0.25) is 4.99 Å². The van der Waals surface area contributed by atoms with Crippen molar-refractivity contribution >= 4 is 35.5 Å². The summed E-state index contributed by atoms with van der Waals surface area (Å²) in [7, 11) is 1.83. The highest BCUT2D eigenvalue weighted by atomic mass is 127. The van der Waals surface area contributed by atoms with Gasteiger partial charge in [-0.05, 0) is 36.1 Å². The average Bonchev–Trinajstić information content (AvgIpc) is 2.70. The first-order valence-electron chi connectivity index (χ1n) is 9.08. The van der Waals surface area contributed by atoms with Gasteiger partial charge < -0.3 is 15.0 Å². The number of nitrogens with one attached hydrogen (secondary N) is 1. The van der Waals surface area contributed by atoms with Gasteiger partial charge in [0, 0.05) is 38.9 Å². The Bertz CT molecular complexity index is 777. The number of halogens is 1. The number of ether oxygens (including phenoxy) is 1. The van der Waals surface area contributed by atoms with Crippen molar-refractivity contribution < 1.29 is 4.74 Å². The lowest BCUT2D eigenvalue weighted by molar-refractivity contribution is 0.326. The number of nitrogens with zero attached hydrogens (tertiary/aromatic N) is 3. The molecule has 0 radical (unpaired) electrons. The quantitative estimate of drug-likeness (QED) is 0.402. The molecule has 1 aliphatic rings. The molecule has 0 bridgehead atoms. The fourth-order valence-electron chi connectivity index (χ4n) is 3.08. The van der Waals surface area contributed by atoms with Gasteiger partial charge in [-0.25, -0.2) is 4.98 Å². The van der Waals surface area contributed by atoms with Crippen LogP contribution < -0.4 is 10.1 Å². The highest BCUT2D eigenvalue weighted by Gasteiger charge is 2.16. The number of aliphatic imine (C=N–C) groups is 1. The molecule has 0 fully saturated rings. The van der Waals surface area contributed by atoms with Gasteiger partial charge in [0.05, 0.1) is 6.61 Å². The average molecular weight is 478 g/mol. The van der Waals surface area contributed by atoms with Crippen molar-refractivity contribution in [2.75, 3.05) is 26.7 Å². The van der Waals surface area contributed by atoms with Gasteiger partial charge in [-0.2, -0.15) is 0 Å². The molecule has 1 aromatic carbocycles. The molecule has 0 saturated heterocycles. The van der Waals surface area contributed by atoms with Gasteiger partial charge in [0.15, 0.2) is 5.96 Å². The number of benzene rings is 1. The summed E-state index contributed by atoms with van der Waals surface area (Å²) in [6.07, 6.45) is 5.10. The Kier molecular flexibility index (Phi) is 8.57. The van der Waals surface area contributed by atoms with Crippen LogP contribution in [0.25, 0.3) is 5.57 Å². The minimum Gasteiger partial charge on any atom is -0.478 e. The molecule has 2 heterocycles. The van der Waals surface area contributed by atoms with Crippen molar-refractivity contribution in [2.45, 2.75) is 19.9 Å². The first-order valence-corrected chi connectivity index (χ1v) is 9.08. The smallest absolute Gasteiger partial charge is 0.213 e. The number of pyridine rings is 1. The van der Waals surface area contributed by atoms with Crippen LogP contribution in [-0.2, 0) is 6.54 Å². The molecule has 0 atom stereocenters. The maximum absolute atomic E-state index is 5.46. The Morgan fingerprint density at radius 2 is 2.07 bits per heavy atom. The molecule has 0 unspecified atom stereocenters. The standard InChI is InChI=1S/C21H26N4O.HI/c1-3-26-20-15-17(9-12-23-20)16-24-21(22-2)25-13-10-19(11-14-25)18-7-5-4-6-8-18;/h4-10,12,15H,3,11,13-14,16H2,1-2H3,(H,22,24);1H. The van der Waals surface area contributed by atoms with Crippen LogP contribution in [0.3, 0.4) is 0 Å². The third-order valence-corrected chi connectivity index (χ3v) is 4.41. The van der Waals surface area contributed by atoms with Crippen molar-refractivity contribution in [3.63, 3.8) is 0 Å². The Hall–Kier alpha value is -2.09. The van der Waals surface area contributed by atoms with Gasteiger partial charge in [0.25, 0.3) is 0 Å². The minimum atomic E-state index is 0. The first kappa shape index (κ1) is 21.2. The zero-order valence-corrected chi connectivity index (χ0v) is 18.2. The van der Waals surface area contributed by atoms with Crippen LogP contribution in [0.15, 0.2) is 59.7 Å². The maximum Gasteiger partial charge on any atom is 0.213 e. The van der Waals surface area contributed by atoms with E-state index < -0.39 is 0 Å². The third kappa shape index (κ3) is 5.95. The predicted molar refractivity (Wildman–Crippen MR) is 122 cm³/mol. The van der Waals surface area contributed by atoms with E-state index >= 15 is 0 Å². The van der Waals surface area contributed by atoms with Crippen molar-refractivity contribution in [2.24, 2.45) is 4.99 Å². The van der Waals surface area contributed by atoms with Crippen LogP contribution in [0.5, 0.6) is 5.88 Å². The molecule has 1 aromatic heterocycles. The molecule has 0 saturated carbocycles. The van der Waals surface area contributed by atoms with Crippen LogP contribution in [0, 0.1) is 0 Å². The molecule has 0 amide bonds. The summed E-state index contributed by atoms with van der Waals surface area (Å²) in [5.41, 5.74) is 3.85. The van der Waals surface area contributed by atoms with Gasteiger partial charge in [-0.1, -0.05) is 36.4 Å². The van der Waals surface area contributed by atoms with Crippen LogP contribution >= 0.6 is 24.0 Å². The van der Waals surface area contributed by atoms with E-state index in [9.17, 15) is 0 Å². The second-order valence-corrected chi connectivity index (χ2v) is 6.13. The summed E-state index contributed by atoms with van der Waals surface area (Å²) < 4.78 is 5.46. The van der Waals surface area contributed by atoms with E-state index in [4.69, 9.17) is 4.74 Å². The molecule has 3 rings (SSSR count). The van der Waals surface area contributed by atoms with Gasteiger partial charge >= 0.3 is 0 Å². The monoisotopic (exact) mass is 478 g/mol. The van der Waals surface area contributed by atoms with Gasteiger partial charge in [0.1, 0.15) is 0 Å². The molecule has 0 aliphatic carbocycles. The van der Waals surface area contributed by atoms with Gasteiger partial charge in [-0.15, -0.1) is 24.0 Å². The normalized spacial score (nSPS) is 14.2. The molecule has 6 heteroatoms. The van der Waals surface area contributed by atoms with E-state index in [2.05, 4.69) is 56.6 Å². The fourth-order valence-corrected chi connectivity index (χ4v) is 3.08.